The van der Waals surface area contributed by atoms with Crippen LogP contribution in [0.25, 0.3) is 0 Å². The number of esters is 1. The average Bonchev–Trinajstić information content (AvgIpc) is 2.29. The monoisotopic (exact) mass is 221 g/mol. The molecule has 1 amide bonds. The number of carbonyl (C=O) groups is 2. The van der Waals surface area contributed by atoms with Crippen LogP contribution in [0.15, 0.2) is 30.3 Å². The predicted molar refractivity (Wildman–Crippen MR) is 59.6 cm³/mol. The summed E-state index contributed by atoms with van der Waals surface area (Å²) in [5.41, 5.74) is 5.79. The van der Waals surface area contributed by atoms with Crippen molar-refractivity contribution in [2.45, 2.75) is 19.3 Å². The Morgan fingerprint density at radius 2 is 1.94 bits per heavy atom. The normalized spacial score (nSPS) is 11.8. The number of primary amides is 1. The van der Waals surface area contributed by atoms with E-state index in [0.717, 1.165) is 5.56 Å². The summed E-state index contributed by atoms with van der Waals surface area (Å²) in [7, 11) is 0. The number of ether oxygens (including phenoxy) is 1. The summed E-state index contributed by atoms with van der Waals surface area (Å²) in [4.78, 5) is 22.1. The lowest BCUT2D eigenvalue weighted by Gasteiger charge is -2.13. The van der Waals surface area contributed by atoms with Gasteiger partial charge in [-0.3, -0.25) is 9.59 Å². The zero-order valence-electron chi connectivity index (χ0n) is 9.18. The first-order valence-corrected chi connectivity index (χ1v) is 5.15. The third-order valence-electron chi connectivity index (χ3n) is 2.25. The summed E-state index contributed by atoms with van der Waals surface area (Å²) in [6.07, 6.45) is 0.627. The molecule has 1 aromatic carbocycles. The van der Waals surface area contributed by atoms with Gasteiger partial charge in [0.25, 0.3) is 5.91 Å². The standard InChI is InChI=1S/C12H15NO3/c1-2-10(9-6-4-3-5-7-9)12(15)16-8-11(13)14/h3-7,10H,2,8H2,1H3,(H2,13,14)/t10-/m1/s1. The molecule has 2 N–H and O–H groups in total. The number of hydrogen-bond acceptors (Lipinski definition) is 3. The van der Waals surface area contributed by atoms with E-state index >= 15 is 0 Å². The molecule has 0 fully saturated rings. The highest BCUT2D eigenvalue weighted by molar-refractivity contribution is 5.82. The molecular weight excluding hydrogens is 206 g/mol. The molecular formula is C12H15NO3. The Balaban J connectivity index is 2.68. The first-order valence-electron chi connectivity index (χ1n) is 5.15. The largest absolute Gasteiger partial charge is 0.455 e. The molecule has 0 aliphatic carbocycles. The summed E-state index contributed by atoms with van der Waals surface area (Å²) in [6.45, 7) is 1.53. The van der Waals surface area contributed by atoms with Gasteiger partial charge in [-0.1, -0.05) is 37.3 Å². The Morgan fingerprint density at radius 3 is 2.44 bits per heavy atom. The molecule has 16 heavy (non-hydrogen) atoms. The molecule has 0 heterocycles. The summed E-state index contributed by atoms with van der Waals surface area (Å²) < 4.78 is 4.80. The molecule has 0 radical (unpaired) electrons. The number of nitrogens with two attached hydrogens (primary N) is 1. The molecule has 0 spiro atoms. The first kappa shape index (κ1) is 12.2. The van der Waals surface area contributed by atoms with Crippen LogP contribution in [-0.4, -0.2) is 18.5 Å². The maximum Gasteiger partial charge on any atom is 0.313 e. The van der Waals surface area contributed by atoms with Crippen molar-refractivity contribution in [2.75, 3.05) is 6.61 Å². The lowest BCUT2D eigenvalue weighted by atomic mass is 9.97. The lowest BCUT2D eigenvalue weighted by molar-refractivity contribution is -0.149. The average molecular weight is 221 g/mol. The number of hydrogen-bond donors (Lipinski definition) is 1. The molecule has 0 aliphatic rings. The SMILES string of the molecule is CC[C@@H](C(=O)OCC(N)=O)c1ccccc1. The predicted octanol–water partition coefficient (Wildman–Crippen LogP) is 1.21. The van der Waals surface area contributed by atoms with Gasteiger partial charge in [0.05, 0.1) is 5.92 Å². The second-order valence-corrected chi connectivity index (χ2v) is 3.45. The topological polar surface area (TPSA) is 69.4 Å². The molecule has 4 nitrogen and oxygen atoms in total. The second kappa shape index (κ2) is 5.90. The summed E-state index contributed by atoms with van der Waals surface area (Å²) >= 11 is 0. The molecule has 0 unspecified atom stereocenters. The molecule has 0 aliphatic heterocycles. The van der Waals surface area contributed by atoms with Gasteiger partial charge in [0.1, 0.15) is 0 Å². The fourth-order valence-corrected chi connectivity index (χ4v) is 1.47. The van der Waals surface area contributed by atoms with Crippen molar-refractivity contribution in [3.8, 4) is 0 Å². The molecule has 4 heteroatoms. The highest BCUT2D eigenvalue weighted by Crippen LogP contribution is 2.20. The van der Waals surface area contributed by atoms with Crippen molar-refractivity contribution in [3.05, 3.63) is 35.9 Å². The van der Waals surface area contributed by atoms with Crippen molar-refractivity contribution < 1.29 is 14.3 Å². The van der Waals surface area contributed by atoms with Crippen LogP contribution in [0.4, 0.5) is 0 Å². The van der Waals surface area contributed by atoms with Gasteiger partial charge in [-0.05, 0) is 12.0 Å². The van der Waals surface area contributed by atoms with Crippen molar-refractivity contribution in [2.24, 2.45) is 5.73 Å². The zero-order chi connectivity index (χ0) is 12.0. The van der Waals surface area contributed by atoms with Gasteiger partial charge < -0.3 is 10.5 Å². The van der Waals surface area contributed by atoms with Crippen molar-refractivity contribution in [3.63, 3.8) is 0 Å². The van der Waals surface area contributed by atoms with Crippen molar-refractivity contribution in [1.82, 2.24) is 0 Å². The van der Waals surface area contributed by atoms with Crippen LogP contribution >= 0.6 is 0 Å². The molecule has 1 rings (SSSR count). The second-order valence-electron chi connectivity index (χ2n) is 3.45. The van der Waals surface area contributed by atoms with Crippen LogP contribution in [0, 0.1) is 0 Å². The van der Waals surface area contributed by atoms with Crippen LogP contribution in [0.1, 0.15) is 24.8 Å². The molecule has 1 atom stereocenters. The van der Waals surface area contributed by atoms with E-state index in [0.29, 0.717) is 6.42 Å². The minimum atomic E-state index is -0.642. The zero-order valence-corrected chi connectivity index (χ0v) is 9.18. The molecule has 86 valence electrons. The Kier molecular flexibility index (Phi) is 4.51. The molecule has 0 saturated carbocycles. The van der Waals surface area contributed by atoms with E-state index in [1.54, 1.807) is 0 Å². The van der Waals surface area contributed by atoms with E-state index in [4.69, 9.17) is 10.5 Å². The maximum atomic E-state index is 11.6. The summed E-state index contributed by atoms with van der Waals surface area (Å²) in [5, 5.41) is 0. The summed E-state index contributed by atoms with van der Waals surface area (Å²) in [6, 6.07) is 9.32. The van der Waals surface area contributed by atoms with Gasteiger partial charge in [0.15, 0.2) is 6.61 Å². The van der Waals surface area contributed by atoms with E-state index < -0.39 is 11.9 Å². The van der Waals surface area contributed by atoms with Crippen LogP contribution in [0.5, 0.6) is 0 Å². The molecule has 1 aromatic rings. The smallest absolute Gasteiger partial charge is 0.313 e. The quantitative estimate of drug-likeness (QED) is 0.760. The van der Waals surface area contributed by atoms with E-state index in [2.05, 4.69) is 0 Å². The fraction of sp³-hybridized carbons (Fsp3) is 0.333. The number of amides is 1. The Morgan fingerprint density at radius 1 is 1.31 bits per heavy atom. The van der Waals surface area contributed by atoms with E-state index in [1.807, 2.05) is 37.3 Å². The highest BCUT2D eigenvalue weighted by atomic mass is 16.5. The molecule has 0 saturated heterocycles. The van der Waals surface area contributed by atoms with Crippen molar-refractivity contribution in [1.29, 1.82) is 0 Å². The number of benzene rings is 1. The molecule has 0 aromatic heterocycles. The van der Waals surface area contributed by atoms with E-state index in [-0.39, 0.29) is 12.5 Å². The fourth-order valence-electron chi connectivity index (χ4n) is 1.47. The lowest BCUT2D eigenvalue weighted by Crippen LogP contribution is -2.24. The van der Waals surface area contributed by atoms with Crippen LogP contribution in [-0.2, 0) is 14.3 Å². The third-order valence-corrected chi connectivity index (χ3v) is 2.25. The first-order chi connectivity index (χ1) is 7.65. The summed E-state index contributed by atoms with van der Waals surface area (Å²) in [5.74, 6) is -1.38. The van der Waals surface area contributed by atoms with Gasteiger partial charge >= 0.3 is 5.97 Å². The van der Waals surface area contributed by atoms with Crippen LogP contribution < -0.4 is 5.73 Å². The van der Waals surface area contributed by atoms with Gasteiger partial charge in [-0.15, -0.1) is 0 Å². The Hall–Kier alpha value is -1.84. The number of carbonyl (C=O) groups excluding carboxylic acids is 2. The minimum Gasteiger partial charge on any atom is -0.455 e. The third kappa shape index (κ3) is 3.38. The van der Waals surface area contributed by atoms with Gasteiger partial charge in [-0.25, -0.2) is 0 Å². The van der Waals surface area contributed by atoms with Gasteiger partial charge in [0, 0.05) is 0 Å². The Labute approximate surface area is 94.4 Å². The van der Waals surface area contributed by atoms with Crippen LogP contribution in [0.3, 0.4) is 0 Å². The number of rotatable bonds is 5. The van der Waals surface area contributed by atoms with Crippen molar-refractivity contribution >= 4 is 11.9 Å². The van der Waals surface area contributed by atoms with E-state index in [9.17, 15) is 9.59 Å². The van der Waals surface area contributed by atoms with Gasteiger partial charge in [-0.2, -0.15) is 0 Å². The maximum absolute atomic E-state index is 11.6. The van der Waals surface area contributed by atoms with Crippen LogP contribution in [0.2, 0.25) is 0 Å². The van der Waals surface area contributed by atoms with E-state index in [1.165, 1.54) is 0 Å². The van der Waals surface area contributed by atoms with Gasteiger partial charge in [0.2, 0.25) is 0 Å². The highest BCUT2D eigenvalue weighted by Gasteiger charge is 2.20. The molecule has 0 bridgehead atoms. The minimum absolute atomic E-state index is 0.333. The Bertz CT molecular complexity index is 362.